The fraction of sp³-hybridized carbons (Fsp3) is 0.414. The molecule has 2 saturated heterocycles. The maximum Gasteiger partial charge on any atom is 0.326 e. The van der Waals surface area contributed by atoms with Crippen LogP contribution in [0.3, 0.4) is 0 Å². The van der Waals surface area contributed by atoms with Gasteiger partial charge in [0.15, 0.2) is 0 Å². The highest BCUT2D eigenvalue weighted by Crippen LogP contribution is 2.21. The van der Waals surface area contributed by atoms with Crippen molar-refractivity contribution >= 4 is 29.8 Å². The summed E-state index contributed by atoms with van der Waals surface area (Å²) in [7, 11) is 0. The molecule has 0 spiro atoms. The highest BCUT2D eigenvalue weighted by Gasteiger charge is 2.38. The van der Waals surface area contributed by atoms with Crippen molar-refractivity contribution in [2.75, 3.05) is 26.2 Å². The zero-order valence-electron chi connectivity index (χ0n) is 22.2. The van der Waals surface area contributed by atoms with Crippen LogP contribution < -0.4 is 0 Å². The molecule has 11 heteroatoms. The van der Waals surface area contributed by atoms with Gasteiger partial charge in [0.1, 0.15) is 25.2 Å². The number of likely N-dealkylation sites (tertiary alicyclic amines) is 2. The molecule has 2 aromatic carbocycles. The number of urea groups is 1. The summed E-state index contributed by atoms with van der Waals surface area (Å²) in [4.78, 5) is 69.3. The van der Waals surface area contributed by atoms with Crippen molar-refractivity contribution in [3.8, 4) is 0 Å². The summed E-state index contributed by atoms with van der Waals surface area (Å²) in [5.74, 6) is -3.13. The second kappa shape index (κ2) is 13.1. The Balaban J connectivity index is 1.60. The van der Waals surface area contributed by atoms with Crippen LogP contribution in [0.25, 0.3) is 0 Å². The van der Waals surface area contributed by atoms with Crippen molar-refractivity contribution in [2.45, 2.75) is 50.9 Å². The van der Waals surface area contributed by atoms with Crippen LogP contribution in [0.4, 0.5) is 4.79 Å². The molecule has 11 nitrogen and oxygen atoms in total. The third-order valence-corrected chi connectivity index (χ3v) is 7.34. The van der Waals surface area contributed by atoms with E-state index in [0.29, 0.717) is 38.8 Å². The molecular weight excluding hydrogens is 516 g/mol. The van der Waals surface area contributed by atoms with Crippen LogP contribution in [0.2, 0.25) is 0 Å². The van der Waals surface area contributed by atoms with Crippen LogP contribution in [0.5, 0.6) is 0 Å². The molecule has 0 radical (unpaired) electrons. The molecule has 0 aliphatic carbocycles. The predicted molar refractivity (Wildman–Crippen MR) is 144 cm³/mol. The molecule has 0 bridgehead atoms. The maximum atomic E-state index is 14.1. The second-order valence-corrected chi connectivity index (χ2v) is 10.1. The van der Waals surface area contributed by atoms with E-state index in [1.165, 1.54) is 19.6 Å². The Labute approximate surface area is 232 Å². The summed E-state index contributed by atoms with van der Waals surface area (Å²) in [6.07, 6.45) is 1.82. The zero-order valence-corrected chi connectivity index (χ0v) is 22.2. The smallest absolute Gasteiger partial charge is 0.326 e. The summed E-state index contributed by atoms with van der Waals surface area (Å²) in [6.45, 7) is -0.00534. The van der Waals surface area contributed by atoms with Crippen molar-refractivity contribution in [2.24, 2.45) is 0 Å². The third kappa shape index (κ3) is 6.96. The number of amides is 4. The van der Waals surface area contributed by atoms with E-state index in [0.717, 1.165) is 11.1 Å². The number of rotatable bonds is 10. The molecule has 40 heavy (non-hydrogen) atoms. The first-order valence-electron chi connectivity index (χ1n) is 13.4. The van der Waals surface area contributed by atoms with Crippen LogP contribution in [-0.4, -0.2) is 97.9 Å². The number of carboxylic acids is 2. The molecule has 0 aromatic heterocycles. The fourth-order valence-corrected chi connectivity index (χ4v) is 5.34. The van der Waals surface area contributed by atoms with Crippen LogP contribution in [0.1, 0.15) is 36.8 Å². The number of hydrogen-bond acceptors (Lipinski definition) is 5. The molecule has 2 N–H and O–H groups in total. The summed E-state index contributed by atoms with van der Waals surface area (Å²) in [5, 5.41) is 19.1. The largest absolute Gasteiger partial charge is 0.480 e. The van der Waals surface area contributed by atoms with Crippen LogP contribution >= 0.6 is 0 Å². The fourth-order valence-electron chi connectivity index (χ4n) is 5.34. The second-order valence-electron chi connectivity index (χ2n) is 10.1. The molecular formula is C29H34N4O7. The minimum Gasteiger partial charge on any atom is -0.480 e. The third-order valence-electron chi connectivity index (χ3n) is 7.34. The van der Waals surface area contributed by atoms with Crippen molar-refractivity contribution in [3.63, 3.8) is 0 Å². The molecule has 2 aromatic rings. The number of nitrogens with zero attached hydrogens (tertiary/aromatic N) is 4. The number of aliphatic carboxylic acids is 2. The molecule has 2 aliphatic heterocycles. The molecule has 2 fully saturated rings. The van der Waals surface area contributed by atoms with E-state index >= 15 is 0 Å². The van der Waals surface area contributed by atoms with Crippen LogP contribution in [0.15, 0.2) is 60.7 Å². The van der Waals surface area contributed by atoms with Gasteiger partial charge in [0.2, 0.25) is 11.8 Å². The van der Waals surface area contributed by atoms with E-state index in [1.54, 1.807) is 0 Å². The van der Waals surface area contributed by atoms with E-state index in [1.807, 2.05) is 60.7 Å². The number of carbonyl (C=O) groups is 5. The van der Waals surface area contributed by atoms with E-state index in [9.17, 15) is 34.2 Å². The number of carbonyl (C=O) groups excluding carboxylic acids is 3. The number of benzene rings is 2. The van der Waals surface area contributed by atoms with Crippen LogP contribution in [-0.2, 0) is 32.3 Å². The molecule has 212 valence electrons. The highest BCUT2D eigenvalue weighted by atomic mass is 16.4. The molecule has 0 saturated carbocycles. The number of carboxylic acid groups (broad SMARTS) is 2. The highest BCUT2D eigenvalue weighted by molar-refractivity contribution is 5.90. The Bertz CT molecular complexity index is 1130. The number of hydrogen-bond donors (Lipinski definition) is 2. The average Bonchev–Trinajstić information content (AvgIpc) is 3.64. The monoisotopic (exact) mass is 550 g/mol. The molecule has 2 heterocycles. The van der Waals surface area contributed by atoms with Gasteiger partial charge in [0.05, 0.1) is 0 Å². The average molecular weight is 551 g/mol. The molecule has 2 atom stereocenters. The standard InChI is InChI=1S/C29H34N4O7/c34-25(32-15-7-13-23(32)27(36)37)19-30(17-21-9-3-1-4-10-21)29(40)31(18-22-11-5-2-6-12-22)20-26(35)33-16-8-14-24(33)28(38)39/h1-6,9-12,23-24H,7-8,13-20H2,(H,36,37)(H,38,39)/t23-,24-/m1/s1. The Morgan fingerprint density at radius 1 is 0.650 bits per heavy atom. The lowest BCUT2D eigenvalue weighted by atomic mass is 10.2. The normalized spacial score (nSPS) is 18.4. The predicted octanol–water partition coefficient (Wildman–Crippen LogP) is 2.26. The summed E-state index contributed by atoms with van der Waals surface area (Å²) in [5.41, 5.74) is 1.52. The topological polar surface area (TPSA) is 139 Å². The summed E-state index contributed by atoms with van der Waals surface area (Å²) in [6, 6.07) is 15.7. The molecule has 4 rings (SSSR count). The van der Waals surface area contributed by atoms with E-state index in [4.69, 9.17) is 0 Å². The quantitative estimate of drug-likeness (QED) is 0.463. The minimum atomic E-state index is -1.08. The van der Waals surface area contributed by atoms with Gasteiger partial charge in [-0.2, -0.15) is 0 Å². The summed E-state index contributed by atoms with van der Waals surface area (Å²) < 4.78 is 0. The van der Waals surface area contributed by atoms with Gasteiger partial charge in [-0.05, 0) is 36.8 Å². The van der Waals surface area contributed by atoms with Crippen LogP contribution in [0, 0.1) is 0 Å². The van der Waals surface area contributed by atoms with Gasteiger partial charge in [0, 0.05) is 26.2 Å². The van der Waals surface area contributed by atoms with E-state index < -0.39 is 41.9 Å². The lowest BCUT2D eigenvalue weighted by molar-refractivity contribution is -0.148. The van der Waals surface area contributed by atoms with Gasteiger partial charge >= 0.3 is 18.0 Å². The first kappa shape index (κ1) is 28.6. The van der Waals surface area contributed by atoms with Gasteiger partial charge in [0.25, 0.3) is 0 Å². The van der Waals surface area contributed by atoms with E-state index in [-0.39, 0.29) is 26.2 Å². The van der Waals surface area contributed by atoms with Gasteiger partial charge < -0.3 is 29.8 Å². The Morgan fingerprint density at radius 2 is 1.02 bits per heavy atom. The summed E-state index contributed by atoms with van der Waals surface area (Å²) >= 11 is 0. The molecule has 0 unspecified atom stereocenters. The minimum absolute atomic E-state index is 0.0674. The molecule has 4 amide bonds. The lowest BCUT2D eigenvalue weighted by Crippen LogP contribution is -2.52. The van der Waals surface area contributed by atoms with Crippen molar-refractivity contribution in [3.05, 3.63) is 71.8 Å². The Hall–Kier alpha value is -4.41. The van der Waals surface area contributed by atoms with Gasteiger partial charge in [-0.25, -0.2) is 14.4 Å². The lowest BCUT2D eigenvalue weighted by Gasteiger charge is -2.33. The Kier molecular flexibility index (Phi) is 9.36. The zero-order chi connectivity index (χ0) is 28.6. The Morgan fingerprint density at radius 3 is 1.38 bits per heavy atom. The maximum absolute atomic E-state index is 14.1. The van der Waals surface area contributed by atoms with Gasteiger partial charge in [-0.3, -0.25) is 9.59 Å². The van der Waals surface area contributed by atoms with E-state index in [2.05, 4.69) is 0 Å². The molecule has 2 aliphatic rings. The van der Waals surface area contributed by atoms with Crippen molar-refractivity contribution in [1.82, 2.24) is 19.6 Å². The van der Waals surface area contributed by atoms with Gasteiger partial charge in [-0.15, -0.1) is 0 Å². The van der Waals surface area contributed by atoms with Crippen molar-refractivity contribution < 1.29 is 34.2 Å². The van der Waals surface area contributed by atoms with Crippen molar-refractivity contribution in [1.29, 1.82) is 0 Å². The SMILES string of the molecule is O=C(O)[C@H]1CCCN1C(=O)CN(Cc1ccccc1)C(=O)N(CC(=O)N1CCC[C@@H]1C(=O)O)Cc1ccccc1. The van der Waals surface area contributed by atoms with Gasteiger partial charge in [-0.1, -0.05) is 60.7 Å². The first-order valence-corrected chi connectivity index (χ1v) is 13.4. The first-order chi connectivity index (χ1) is 19.2.